The normalized spacial score (nSPS) is 19.3. The van der Waals surface area contributed by atoms with E-state index in [1.165, 1.54) is 31.7 Å². The average molecular weight is 334 g/mol. The zero-order valence-electron chi connectivity index (χ0n) is 10.8. The molecule has 1 heterocycles. The second-order valence-electron chi connectivity index (χ2n) is 5.60. The number of thiophene rings is 1. The van der Waals surface area contributed by atoms with Crippen LogP contribution in [0.2, 0.25) is 0 Å². The van der Waals surface area contributed by atoms with Gasteiger partial charge in [0.15, 0.2) is 0 Å². The third kappa shape index (κ3) is 3.54. The lowest BCUT2D eigenvalue weighted by Crippen LogP contribution is -2.38. The Kier molecular flexibility index (Phi) is 3.81. The van der Waals surface area contributed by atoms with Crippen LogP contribution in [-0.2, 0) is 20.3 Å². The summed E-state index contributed by atoms with van der Waals surface area (Å²) in [5.74, 6) is 1.30. The highest BCUT2D eigenvalue weighted by Crippen LogP contribution is 2.44. The lowest BCUT2D eigenvalue weighted by molar-refractivity contribution is -0.121. The Balaban J connectivity index is 1.59. The number of carbonyl (C=O) groups excluding carboxylic acids is 1. The fraction of sp³-hybridized carbons (Fsp3) is 0.615. The highest BCUT2D eigenvalue weighted by molar-refractivity contribution is 8.15. The van der Waals surface area contributed by atoms with Crippen LogP contribution in [0.4, 0.5) is 0 Å². The maximum Gasteiger partial charge on any atom is 0.270 e. The van der Waals surface area contributed by atoms with Crippen LogP contribution >= 0.6 is 22.0 Å². The minimum absolute atomic E-state index is 0.0193. The van der Waals surface area contributed by atoms with Crippen LogP contribution in [0.15, 0.2) is 16.3 Å². The van der Waals surface area contributed by atoms with Crippen molar-refractivity contribution in [1.29, 1.82) is 0 Å². The standard InChI is InChI=1S/C13H16ClNO3S2/c14-20(17,18)12-6-5-10(19-12)7-11(16)15-13(8-1-2-8)9-3-4-9/h5-6,8-9,13H,1-4,7H2,(H,15,16). The number of halogens is 1. The van der Waals surface area contributed by atoms with Crippen LogP contribution in [0.3, 0.4) is 0 Å². The first kappa shape index (κ1) is 14.4. The largest absolute Gasteiger partial charge is 0.353 e. The molecule has 1 aromatic rings. The quantitative estimate of drug-likeness (QED) is 0.814. The van der Waals surface area contributed by atoms with Gasteiger partial charge in [-0.3, -0.25) is 4.79 Å². The maximum atomic E-state index is 12.1. The first-order valence-corrected chi connectivity index (χ1v) is 9.89. The monoisotopic (exact) mass is 333 g/mol. The van der Waals surface area contributed by atoms with Crippen molar-refractivity contribution in [3.05, 3.63) is 17.0 Å². The third-order valence-corrected chi connectivity index (χ3v) is 6.98. The molecule has 2 fully saturated rings. The Hall–Kier alpha value is -0.590. The summed E-state index contributed by atoms with van der Waals surface area (Å²) < 4.78 is 22.5. The van der Waals surface area contributed by atoms with Gasteiger partial charge in [-0.05, 0) is 49.7 Å². The van der Waals surface area contributed by atoms with Gasteiger partial charge in [-0.25, -0.2) is 8.42 Å². The van der Waals surface area contributed by atoms with Crippen LogP contribution < -0.4 is 5.32 Å². The van der Waals surface area contributed by atoms with Crippen molar-refractivity contribution in [2.24, 2.45) is 11.8 Å². The van der Waals surface area contributed by atoms with E-state index in [1.807, 2.05) is 0 Å². The molecule has 3 rings (SSSR count). The van der Waals surface area contributed by atoms with Crippen molar-refractivity contribution < 1.29 is 13.2 Å². The van der Waals surface area contributed by atoms with Crippen LogP contribution in [0.25, 0.3) is 0 Å². The van der Waals surface area contributed by atoms with Crippen molar-refractivity contribution in [3.8, 4) is 0 Å². The van der Waals surface area contributed by atoms with Gasteiger partial charge in [-0.1, -0.05) is 0 Å². The Morgan fingerprint density at radius 1 is 1.30 bits per heavy atom. The summed E-state index contributed by atoms with van der Waals surface area (Å²) in [6.07, 6.45) is 5.10. The molecule has 0 unspecified atom stereocenters. The SMILES string of the molecule is O=C(Cc1ccc(S(=O)(=O)Cl)s1)NC(C1CC1)C1CC1. The Bertz CT molecular complexity index is 605. The molecule has 2 aliphatic rings. The zero-order valence-corrected chi connectivity index (χ0v) is 13.2. The highest BCUT2D eigenvalue weighted by atomic mass is 35.7. The second kappa shape index (κ2) is 5.31. The molecule has 0 aromatic carbocycles. The van der Waals surface area contributed by atoms with E-state index in [1.54, 1.807) is 6.07 Å². The summed E-state index contributed by atoms with van der Waals surface area (Å²) in [6.45, 7) is 0. The molecule has 1 N–H and O–H groups in total. The number of nitrogens with one attached hydrogen (secondary N) is 1. The van der Waals surface area contributed by atoms with Gasteiger partial charge in [0.05, 0.1) is 6.42 Å². The molecule has 2 aliphatic carbocycles. The molecule has 4 nitrogen and oxygen atoms in total. The molecule has 2 saturated carbocycles. The van der Waals surface area contributed by atoms with Gasteiger partial charge in [0, 0.05) is 21.6 Å². The van der Waals surface area contributed by atoms with Crippen LogP contribution in [0.1, 0.15) is 30.6 Å². The minimum atomic E-state index is -3.69. The number of carbonyl (C=O) groups is 1. The summed E-state index contributed by atoms with van der Waals surface area (Å²) in [5.41, 5.74) is 0. The van der Waals surface area contributed by atoms with Gasteiger partial charge >= 0.3 is 0 Å². The van der Waals surface area contributed by atoms with E-state index in [9.17, 15) is 13.2 Å². The van der Waals surface area contributed by atoms with E-state index in [2.05, 4.69) is 5.32 Å². The van der Waals surface area contributed by atoms with Crippen LogP contribution in [-0.4, -0.2) is 20.4 Å². The molecule has 0 radical (unpaired) electrons. The number of hydrogen-bond donors (Lipinski definition) is 1. The van der Waals surface area contributed by atoms with Gasteiger partial charge in [0.25, 0.3) is 9.05 Å². The molecule has 0 bridgehead atoms. The van der Waals surface area contributed by atoms with Crippen molar-refractivity contribution in [2.75, 3.05) is 0 Å². The van der Waals surface area contributed by atoms with E-state index < -0.39 is 9.05 Å². The average Bonchev–Trinajstić information content (AvgIpc) is 3.25. The number of rotatable bonds is 6. The first-order chi connectivity index (χ1) is 9.43. The lowest BCUT2D eigenvalue weighted by Gasteiger charge is -2.17. The summed E-state index contributed by atoms with van der Waals surface area (Å²) in [7, 11) is 1.59. The molecule has 20 heavy (non-hydrogen) atoms. The van der Waals surface area contributed by atoms with Crippen LogP contribution in [0.5, 0.6) is 0 Å². The molecular weight excluding hydrogens is 318 g/mol. The predicted molar refractivity (Wildman–Crippen MR) is 78.4 cm³/mol. The van der Waals surface area contributed by atoms with E-state index >= 15 is 0 Å². The lowest BCUT2D eigenvalue weighted by atomic mass is 10.1. The molecule has 110 valence electrons. The number of amides is 1. The second-order valence-corrected chi connectivity index (χ2v) is 9.56. The maximum absolute atomic E-state index is 12.1. The molecule has 0 aliphatic heterocycles. The molecule has 1 aromatic heterocycles. The van der Waals surface area contributed by atoms with Crippen molar-refractivity contribution >= 4 is 37.0 Å². The third-order valence-electron chi connectivity index (χ3n) is 3.80. The zero-order chi connectivity index (χ0) is 14.3. The van der Waals surface area contributed by atoms with Crippen LogP contribution in [0, 0.1) is 11.8 Å². The predicted octanol–water partition coefficient (Wildman–Crippen LogP) is 2.52. The topological polar surface area (TPSA) is 63.2 Å². The van der Waals surface area contributed by atoms with Gasteiger partial charge in [-0.2, -0.15) is 0 Å². The van der Waals surface area contributed by atoms with E-state index in [0.717, 1.165) is 16.2 Å². The Morgan fingerprint density at radius 2 is 1.90 bits per heavy atom. The molecule has 1 amide bonds. The van der Waals surface area contributed by atoms with Crippen molar-refractivity contribution in [3.63, 3.8) is 0 Å². The van der Waals surface area contributed by atoms with Crippen molar-refractivity contribution in [1.82, 2.24) is 5.32 Å². The van der Waals surface area contributed by atoms with Gasteiger partial charge < -0.3 is 5.32 Å². The van der Waals surface area contributed by atoms with E-state index in [4.69, 9.17) is 10.7 Å². The Labute approximate surface area is 126 Å². The summed E-state index contributed by atoms with van der Waals surface area (Å²) >= 11 is 1.06. The summed E-state index contributed by atoms with van der Waals surface area (Å²) in [6, 6.07) is 3.44. The molecule has 7 heteroatoms. The first-order valence-electron chi connectivity index (χ1n) is 6.76. The van der Waals surface area contributed by atoms with Gasteiger partial charge in [-0.15, -0.1) is 11.3 Å². The van der Waals surface area contributed by atoms with Crippen molar-refractivity contribution in [2.45, 2.75) is 42.4 Å². The minimum Gasteiger partial charge on any atom is -0.353 e. The Morgan fingerprint density at radius 3 is 2.35 bits per heavy atom. The molecular formula is C13H16ClNO3S2. The fourth-order valence-electron chi connectivity index (χ4n) is 2.51. The van der Waals surface area contributed by atoms with Gasteiger partial charge in [0.2, 0.25) is 5.91 Å². The summed E-state index contributed by atoms with van der Waals surface area (Å²) in [5, 5.41) is 3.12. The smallest absolute Gasteiger partial charge is 0.270 e. The van der Waals surface area contributed by atoms with E-state index in [-0.39, 0.29) is 16.5 Å². The highest BCUT2D eigenvalue weighted by Gasteiger charge is 2.42. The molecule has 0 spiro atoms. The van der Waals surface area contributed by atoms with Gasteiger partial charge in [0.1, 0.15) is 4.21 Å². The van der Waals surface area contributed by atoms with E-state index in [0.29, 0.717) is 17.9 Å². The molecule has 0 atom stereocenters. The molecule has 0 saturated heterocycles. The summed E-state index contributed by atoms with van der Waals surface area (Å²) in [4.78, 5) is 12.8. The fourth-order valence-corrected chi connectivity index (χ4v) is 4.63. The number of hydrogen-bond acceptors (Lipinski definition) is 4.